The molecular formula is C18H21ClN2O4. The molecule has 1 aromatic rings. The Bertz CT molecular complexity index is 693. The third-order valence-corrected chi connectivity index (χ3v) is 4.76. The van der Waals surface area contributed by atoms with Crippen molar-refractivity contribution >= 4 is 29.2 Å². The number of rotatable bonds is 6. The molecule has 1 aromatic carbocycles. The highest BCUT2D eigenvalue weighted by Crippen LogP contribution is 2.30. The number of amides is 1. The van der Waals surface area contributed by atoms with Crippen LogP contribution in [-0.4, -0.2) is 35.7 Å². The molecule has 25 heavy (non-hydrogen) atoms. The minimum atomic E-state index is -1.48. The fraction of sp³-hybridized carbons (Fsp3) is 0.500. The van der Waals surface area contributed by atoms with E-state index >= 15 is 0 Å². The maximum atomic E-state index is 12.5. The molecule has 1 N–H and O–H groups in total. The van der Waals surface area contributed by atoms with Crippen LogP contribution < -0.4 is 4.90 Å². The standard InChI is InChI=1S/C18H21ClN2O4/c1-13-11-14(5-6-15(13)19)21(10-4-9-20)16(22)12-25-17(23)18(24)7-2-3-8-18/h5-6,11,24H,2-4,7-8,10,12H2,1H3. The van der Waals surface area contributed by atoms with Crippen LogP contribution in [0.25, 0.3) is 0 Å². The molecule has 0 aromatic heterocycles. The summed E-state index contributed by atoms with van der Waals surface area (Å²) in [6.45, 7) is 1.51. The summed E-state index contributed by atoms with van der Waals surface area (Å²) >= 11 is 6.01. The van der Waals surface area contributed by atoms with E-state index in [1.165, 1.54) is 4.90 Å². The number of halogens is 1. The minimum absolute atomic E-state index is 0.144. The molecule has 1 amide bonds. The smallest absolute Gasteiger partial charge is 0.338 e. The first-order valence-electron chi connectivity index (χ1n) is 8.20. The van der Waals surface area contributed by atoms with Crippen LogP contribution in [0.3, 0.4) is 0 Å². The highest BCUT2D eigenvalue weighted by atomic mass is 35.5. The first kappa shape index (κ1) is 19.2. The molecule has 6 nitrogen and oxygen atoms in total. The summed E-state index contributed by atoms with van der Waals surface area (Å²) in [5, 5.41) is 19.6. The molecule has 134 valence electrons. The second-order valence-corrected chi connectivity index (χ2v) is 6.61. The topological polar surface area (TPSA) is 90.6 Å². The predicted octanol–water partition coefficient (Wildman–Crippen LogP) is 2.74. The van der Waals surface area contributed by atoms with Crippen molar-refractivity contribution in [1.29, 1.82) is 5.26 Å². The van der Waals surface area contributed by atoms with Crippen LogP contribution in [0.1, 0.15) is 37.7 Å². The zero-order valence-corrected chi connectivity index (χ0v) is 14.9. The SMILES string of the molecule is Cc1cc(N(CCC#N)C(=O)COC(=O)C2(O)CCCC2)ccc1Cl. The fourth-order valence-electron chi connectivity index (χ4n) is 2.86. The number of aryl methyl sites for hydroxylation is 1. The molecule has 2 rings (SSSR count). The lowest BCUT2D eigenvalue weighted by molar-refractivity contribution is -0.166. The van der Waals surface area contributed by atoms with Crippen molar-refractivity contribution in [1.82, 2.24) is 0 Å². The zero-order valence-electron chi connectivity index (χ0n) is 14.1. The average molecular weight is 365 g/mol. The van der Waals surface area contributed by atoms with Crippen LogP contribution in [0.4, 0.5) is 5.69 Å². The minimum Gasteiger partial charge on any atom is -0.453 e. The van der Waals surface area contributed by atoms with Crippen LogP contribution >= 0.6 is 11.6 Å². The van der Waals surface area contributed by atoms with Crippen molar-refractivity contribution in [2.45, 2.75) is 44.6 Å². The summed E-state index contributed by atoms with van der Waals surface area (Å²) in [5.41, 5.74) is -0.0989. The summed E-state index contributed by atoms with van der Waals surface area (Å²) in [4.78, 5) is 25.9. The number of hydrogen-bond donors (Lipinski definition) is 1. The number of anilines is 1. The number of hydrogen-bond acceptors (Lipinski definition) is 5. The van der Waals surface area contributed by atoms with Gasteiger partial charge in [0.2, 0.25) is 0 Å². The Labute approximate surface area is 151 Å². The van der Waals surface area contributed by atoms with Crippen molar-refractivity contribution in [2.24, 2.45) is 0 Å². The maximum absolute atomic E-state index is 12.5. The summed E-state index contributed by atoms with van der Waals surface area (Å²) < 4.78 is 5.04. The lowest BCUT2D eigenvalue weighted by atomic mass is 10.0. The molecule has 1 fully saturated rings. The zero-order chi connectivity index (χ0) is 18.4. The number of nitrogens with zero attached hydrogens (tertiary/aromatic N) is 2. The first-order valence-corrected chi connectivity index (χ1v) is 8.58. The molecule has 0 atom stereocenters. The number of benzene rings is 1. The van der Waals surface area contributed by atoms with Crippen LogP contribution in [0, 0.1) is 18.3 Å². The number of carbonyl (C=O) groups excluding carboxylic acids is 2. The van der Waals surface area contributed by atoms with E-state index in [1.54, 1.807) is 18.2 Å². The molecular weight excluding hydrogens is 344 g/mol. The molecule has 0 spiro atoms. The van der Waals surface area contributed by atoms with E-state index in [9.17, 15) is 14.7 Å². The second-order valence-electron chi connectivity index (χ2n) is 6.20. The summed E-state index contributed by atoms with van der Waals surface area (Å²) in [7, 11) is 0. The van der Waals surface area contributed by atoms with E-state index in [0.29, 0.717) is 23.6 Å². The lowest BCUT2D eigenvalue weighted by Crippen LogP contribution is -2.41. The van der Waals surface area contributed by atoms with Crippen LogP contribution in [-0.2, 0) is 14.3 Å². The van der Waals surface area contributed by atoms with Gasteiger partial charge >= 0.3 is 5.97 Å². The Morgan fingerprint density at radius 3 is 2.68 bits per heavy atom. The molecule has 0 heterocycles. The van der Waals surface area contributed by atoms with Crippen LogP contribution in [0.15, 0.2) is 18.2 Å². The van der Waals surface area contributed by atoms with E-state index in [-0.39, 0.29) is 13.0 Å². The van der Waals surface area contributed by atoms with E-state index in [2.05, 4.69) is 0 Å². The van der Waals surface area contributed by atoms with E-state index in [0.717, 1.165) is 18.4 Å². The van der Waals surface area contributed by atoms with Crippen molar-refractivity contribution in [3.05, 3.63) is 28.8 Å². The van der Waals surface area contributed by atoms with Gasteiger partial charge in [0.1, 0.15) is 0 Å². The largest absolute Gasteiger partial charge is 0.453 e. The molecule has 0 radical (unpaired) electrons. The van der Waals surface area contributed by atoms with Gasteiger partial charge in [-0.3, -0.25) is 4.79 Å². The molecule has 7 heteroatoms. The normalized spacial score (nSPS) is 15.4. The average Bonchev–Trinajstić information content (AvgIpc) is 3.04. The quantitative estimate of drug-likeness (QED) is 0.784. The Balaban J connectivity index is 2.06. The second kappa shape index (κ2) is 8.32. The fourth-order valence-corrected chi connectivity index (χ4v) is 2.98. The molecule has 0 saturated heterocycles. The monoisotopic (exact) mass is 364 g/mol. The molecule has 0 aliphatic heterocycles. The van der Waals surface area contributed by atoms with Crippen LogP contribution in [0.2, 0.25) is 5.02 Å². The molecule has 1 aliphatic carbocycles. The number of ether oxygens (including phenoxy) is 1. The van der Waals surface area contributed by atoms with Crippen molar-refractivity contribution in [3.63, 3.8) is 0 Å². The van der Waals surface area contributed by atoms with Gasteiger partial charge in [0.05, 0.1) is 12.5 Å². The van der Waals surface area contributed by atoms with E-state index < -0.39 is 24.1 Å². The Hall–Kier alpha value is -2.10. The van der Waals surface area contributed by atoms with Gasteiger partial charge in [-0.2, -0.15) is 5.26 Å². The van der Waals surface area contributed by atoms with Gasteiger partial charge < -0.3 is 14.7 Å². The summed E-state index contributed by atoms with van der Waals surface area (Å²) in [6.07, 6.45) is 2.38. The van der Waals surface area contributed by atoms with Crippen molar-refractivity contribution in [3.8, 4) is 6.07 Å². The summed E-state index contributed by atoms with van der Waals surface area (Å²) in [5.74, 6) is -1.21. The lowest BCUT2D eigenvalue weighted by Gasteiger charge is -2.24. The van der Waals surface area contributed by atoms with Gasteiger partial charge in [-0.15, -0.1) is 0 Å². The van der Waals surface area contributed by atoms with Gasteiger partial charge in [0, 0.05) is 17.3 Å². The number of aliphatic hydroxyl groups is 1. The Kier molecular flexibility index (Phi) is 6.40. The molecule has 0 unspecified atom stereocenters. The molecule has 1 aliphatic rings. The maximum Gasteiger partial charge on any atom is 0.338 e. The number of esters is 1. The van der Waals surface area contributed by atoms with E-state index in [4.69, 9.17) is 21.6 Å². The Morgan fingerprint density at radius 2 is 2.08 bits per heavy atom. The number of nitriles is 1. The van der Waals surface area contributed by atoms with Gasteiger partial charge in [0.15, 0.2) is 12.2 Å². The van der Waals surface area contributed by atoms with Crippen molar-refractivity contribution in [2.75, 3.05) is 18.1 Å². The predicted molar refractivity (Wildman–Crippen MR) is 93.1 cm³/mol. The molecule has 0 bridgehead atoms. The van der Waals surface area contributed by atoms with Crippen molar-refractivity contribution < 1.29 is 19.4 Å². The summed E-state index contributed by atoms with van der Waals surface area (Å²) in [6, 6.07) is 7.09. The third kappa shape index (κ3) is 4.71. The Morgan fingerprint density at radius 1 is 1.40 bits per heavy atom. The third-order valence-electron chi connectivity index (χ3n) is 4.34. The highest BCUT2D eigenvalue weighted by Gasteiger charge is 2.40. The number of carbonyl (C=O) groups is 2. The van der Waals surface area contributed by atoms with Gasteiger partial charge in [-0.05, 0) is 56.4 Å². The van der Waals surface area contributed by atoms with Gasteiger partial charge in [-0.25, -0.2) is 4.79 Å². The van der Waals surface area contributed by atoms with Crippen LogP contribution in [0.5, 0.6) is 0 Å². The molecule has 1 saturated carbocycles. The van der Waals surface area contributed by atoms with Gasteiger partial charge in [-0.1, -0.05) is 11.6 Å². The van der Waals surface area contributed by atoms with Gasteiger partial charge in [0.25, 0.3) is 5.91 Å². The highest BCUT2D eigenvalue weighted by molar-refractivity contribution is 6.31. The first-order chi connectivity index (χ1) is 11.9. The van der Waals surface area contributed by atoms with E-state index in [1.807, 2.05) is 13.0 Å².